The van der Waals surface area contributed by atoms with Crippen LogP contribution in [0.2, 0.25) is 0 Å². The molecule has 0 aliphatic carbocycles. The van der Waals surface area contributed by atoms with E-state index in [1.165, 1.54) is 14.2 Å². The maximum Gasteiger partial charge on any atom is 0.301 e. The molecule has 0 atom stereocenters. The van der Waals surface area contributed by atoms with Gasteiger partial charge in [0.15, 0.2) is 5.69 Å². The molecule has 116 valence electrons. The van der Waals surface area contributed by atoms with Crippen LogP contribution in [0.15, 0.2) is 29.2 Å². The van der Waals surface area contributed by atoms with Crippen molar-refractivity contribution in [2.45, 2.75) is 13.8 Å². The van der Waals surface area contributed by atoms with E-state index in [-0.39, 0.29) is 5.69 Å². The van der Waals surface area contributed by atoms with Gasteiger partial charge in [0.1, 0.15) is 0 Å². The topological polar surface area (TPSA) is 64.4 Å². The Morgan fingerprint density at radius 2 is 2.00 bits per heavy atom. The lowest BCUT2D eigenvalue weighted by molar-refractivity contribution is -0.0762. The Labute approximate surface area is 141 Å². The van der Waals surface area contributed by atoms with Crippen molar-refractivity contribution in [3.63, 3.8) is 0 Å². The van der Waals surface area contributed by atoms with Gasteiger partial charge in [-0.15, -0.1) is 0 Å². The van der Waals surface area contributed by atoms with Crippen LogP contribution >= 0.6 is 22.6 Å². The number of rotatable bonds is 3. The summed E-state index contributed by atoms with van der Waals surface area (Å²) in [5.41, 5.74) is 1.70. The minimum atomic E-state index is -0.576. The molecule has 0 radical (unpaired) electrons. The number of aryl methyl sites for hydroxylation is 2. The lowest BCUT2D eigenvalue weighted by Crippen LogP contribution is -2.33. The Bertz CT molecular complexity index is 786. The summed E-state index contributed by atoms with van der Waals surface area (Å²) in [6.07, 6.45) is 1.63. The van der Waals surface area contributed by atoms with Gasteiger partial charge in [-0.2, -0.15) is 5.10 Å². The summed E-state index contributed by atoms with van der Waals surface area (Å²) in [4.78, 5) is 29.2. The monoisotopic (exact) mass is 413 g/mol. The number of hydrogen-bond donors (Lipinski definition) is 0. The maximum atomic E-state index is 12.2. The summed E-state index contributed by atoms with van der Waals surface area (Å²) >= 11 is 2.23. The summed E-state index contributed by atoms with van der Waals surface area (Å²) in [5, 5.41) is 5.17. The molecule has 0 spiro atoms. The molecule has 0 aliphatic heterocycles. The largest absolute Gasteiger partial charge is 0.301 e. The third-order valence-electron chi connectivity index (χ3n) is 3.27. The van der Waals surface area contributed by atoms with E-state index < -0.39 is 11.3 Å². The van der Waals surface area contributed by atoms with Gasteiger partial charge in [0.25, 0.3) is 0 Å². The summed E-state index contributed by atoms with van der Waals surface area (Å²) in [6.45, 7) is 3.61. The fourth-order valence-corrected chi connectivity index (χ4v) is 2.63. The lowest BCUT2D eigenvalue weighted by Gasteiger charge is -2.15. The standard InChI is InChI=1S/C15H16IN3O3/c1-9-7-11(16)5-6-12(9)19-8-10(2)14(20)13(17-19)15(21)18(3)22-4/h5-8H,1-4H3. The number of halogens is 1. The molecule has 0 saturated heterocycles. The highest BCUT2D eigenvalue weighted by Crippen LogP contribution is 2.16. The molecular weight excluding hydrogens is 397 g/mol. The van der Waals surface area contributed by atoms with Gasteiger partial charge in [-0.1, -0.05) is 0 Å². The smallest absolute Gasteiger partial charge is 0.287 e. The number of carbonyl (C=O) groups excluding carboxylic acids is 1. The van der Waals surface area contributed by atoms with Crippen LogP contribution in [0.3, 0.4) is 0 Å². The predicted molar refractivity (Wildman–Crippen MR) is 91.1 cm³/mol. The molecule has 0 fully saturated rings. The van der Waals surface area contributed by atoms with E-state index in [1.54, 1.807) is 17.8 Å². The van der Waals surface area contributed by atoms with E-state index in [4.69, 9.17) is 4.84 Å². The van der Waals surface area contributed by atoms with E-state index in [0.29, 0.717) is 5.56 Å². The van der Waals surface area contributed by atoms with E-state index in [1.807, 2.05) is 25.1 Å². The van der Waals surface area contributed by atoms with Crippen LogP contribution in [-0.2, 0) is 4.84 Å². The fourth-order valence-electron chi connectivity index (χ4n) is 1.98. The zero-order valence-electron chi connectivity index (χ0n) is 12.8. The zero-order chi connectivity index (χ0) is 16.4. The summed E-state index contributed by atoms with van der Waals surface area (Å²) in [6, 6.07) is 5.86. The first-order chi connectivity index (χ1) is 10.3. The molecule has 1 aromatic heterocycles. The third-order valence-corrected chi connectivity index (χ3v) is 3.94. The SMILES string of the molecule is CON(C)C(=O)c1nn(-c2ccc(I)cc2C)cc(C)c1=O. The average molecular weight is 413 g/mol. The van der Waals surface area contributed by atoms with E-state index >= 15 is 0 Å². The minimum absolute atomic E-state index is 0.165. The second-order valence-electron chi connectivity index (χ2n) is 4.85. The van der Waals surface area contributed by atoms with Crippen molar-refractivity contribution in [3.05, 3.63) is 55.0 Å². The fraction of sp³-hybridized carbons (Fsp3) is 0.267. The Hall–Kier alpha value is -1.74. The second kappa shape index (κ2) is 6.57. The van der Waals surface area contributed by atoms with Gasteiger partial charge < -0.3 is 0 Å². The third kappa shape index (κ3) is 3.20. The normalized spacial score (nSPS) is 10.6. The zero-order valence-corrected chi connectivity index (χ0v) is 14.9. The summed E-state index contributed by atoms with van der Waals surface area (Å²) in [5.74, 6) is -0.576. The molecule has 7 heteroatoms. The highest BCUT2D eigenvalue weighted by molar-refractivity contribution is 14.1. The van der Waals surface area contributed by atoms with E-state index in [2.05, 4.69) is 27.7 Å². The number of hydrogen-bond acceptors (Lipinski definition) is 4. The quantitative estimate of drug-likeness (QED) is 0.571. The molecule has 1 amide bonds. The number of aromatic nitrogens is 2. The van der Waals surface area contributed by atoms with Gasteiger partial charge in [-0.25, -0.2) is 9.75 Å². The first kappa shape index (κ1) is 16.6. The molecule has 0 unspecified atom stereocenters. The van der Waals surface area contributed by atoms with Crippen molar-refractivity contribution in [3.8, 4) is 5.69 Å². The molecule has 6 nitrogen and oxygen atoms in total. The Morgan fingerprint density at radius 1 is 1.32 bits per heavy atom. The van der Waals surface area contributed by atoms with Crippen LogP contribution < -0.4 is 5.43 Å². The highest BCUT2D eigenvalue weighted by atomic mass is 127. The van der Waals surface area contributed by atoms with Gasteiger partial charge >= 0.3 is 5.91 Å². The number of amides is 1. The Morgan fingerprint density at radius 3 is 2.59 bits per heavy atom. The molecule has 0 bridgehead atoms. The summed E-state index contributed by atoms with van der Waals surface area (Å²) in [7, 11) is 2.79. The predicted octanol–water partition coefficient (Wildman–Crippen LogP) is 2.09. The van der Waals surface area contributed by atoms with Crippen molar-refractivity contribution in [2.75, 3.05) is 14.2 Å². The molecule has 1 heterocycles. The highest BCUT2D eigenvalue weighted by Gasteiger charge is 2.20. The van der Waals surface area contributed by atoms with Gasteiger partial charge in [-0.05, 0) is 60.2 Å². The van der Waals surface area contributed by atoms with Gasteiger partial charge in [-0.3, -0.25) is 14.4 Å². The molecule has 2 aromatic rings. The molecule has 0 N–H and O–H groups in total. The minimum Gasteiger partial charge on any atom is -0.287 e. The summed E-state index contributed by atoms with van der Waals surface area (Å²) < 4.78 is 2.66. The molecule has 22 heavy (non-hydrogen) atoms. The molecule has 1 aromatic carbocycles. The molecule has 0 aliphatic rings. The van der Waals surface area contributed by atoms with Crippen LogP contribution in [0.25, 0.3) is 5.69 Å². The van der Waals surface area contributed by atoms with Crippen molar-refractivity contribution in [2.24, 2.45) is 0 Å². The van der Waals surface area contributed by atoms with E-state index in [0.717, 1.165) is 19.9 Å². The molecular formula is C15H16IN3O3. The average Bonchev–Trinajstić information content (AvgIpc) is 2.48. The first-order valence-electron chi connectivity index (χ1n) is 6.54. The van der Waals surface area contributed by atoms with Crippen molar-refractivity contribution in [1.29, 1.82) is 0 Å². The van der Waals surface area contributed by atoms with Crippen LogP contribution in [0, 0.1) is 17.4 Å². The van der Waals surface area contributed by atoms with E-state index in [9.17, 15) is 9.59 Å². The number of nitrogens with zero attached hydrogens (tertiary/aromatic N) is 3. The number of benzene rings is 1. The number of hydroxylamine groups is 2. The van der Waals surface area contributed by atoms with Gasteiger partial charge in [0.05, 0.1) is 12.8 Å². The van der Waals surface area contributed by atoms with Crippen molar-refractivity contribution in [1.82, 2.24) is 14.8 Å². The molecule has 2 rings (SSSR count). The number of carbonyl (C=O) groups is 1. The maximum absolute atomic E-state index is 12.2. The van der Waals surface area contributed by atoms with Crippen LogP contribution in [-0.4, -0.2) is 34.9 Å². The van der Waals surface area contributed by atoms with Gasteiger partial charge in [0, 0.05) is 22.4 Å². The Kier molecular flexibility index (Phi) is 4.97. The lowest BCUT2D eigenvalue weighted by atomic mass is 10.2. The van der Waals surface area contributed by atoms with Crippen molar-refractivity contribution >= 4 is 28.5 Å². The second-order valence-corrected chi connectivity index (χ2v) is 6.10. The van der Waals surface area contributed by atoms with Crippen LogP contribution in [0.1, 0.15) is 21.6 Å². The first-order valence-corrected chi connectivity index (χ1v) is 7.62. The van der Waals surface area contributed by atoms with Crippen LogP contribution in [0.5, 0.6) is 0 Å². The van der Waals surface area contributed by atoms with Gasteiger partial charge in [0.2, 0.25) is 5.43 Å². The van der Waals surface area contributed by atoms with Crippen molar-refractivity contribution < 1.29 is 9.63 Å². The van der Waals surface area contributed by atoms with Crippen LogP contribution in [0.4, 0.5) is 0 Å². The Balaban J connectivity index is 2.62. The molecule has 0 saturated carbocycles.